The predicted molar refractivity (Wildman–Crippen MR) is 141 cm³/mol. The number of aryl methyl sites for hydroxylation is 1. The van der Waals surface area contributed by atoms with Crippen LogP contribution in [0.4, 0.5) is 11.4 Å². The summed E-state index contributed by atoms with van der Waals surface area (Å²) in [5.74, 6) is -0.373. The van der Waals surface area contributed by atoms with Crippen molar-refractivity contribution in [2.45, 2.75) is 26.9 Å². The van der Waals surface area contributed by atoms with Crippen LogP contribution in [0.2, 0.25) is 5.02 Å². The summed E-state index contributed by atoms with van der Waals surface area (Å²) in [5, 5.41) is 16.5. The highest BCUT2D eigenvalue weighted by Crippen LogP contribution is 2.22. The molecule has 0 saturated heterocycles. The van der Waals surface area contributed by atoms with E-state index in [1.54, 1.807) is 12.3 Å². The smallest absolute Gasteiger partial charge is 0.338 e. The van der Waals surface area contributed by atoms with Gasteiger partial charge in [0.25, 0.3) is 0 Å². The quantitative estimate of drug-likeness (QED) is 0.267. The minimum absolute atomic E-state index is 0.373. The van der Waals surface area contributed by atoms with Crippen LogP contribution >= 0.6 is 23.8 Å². The van der Waals surface area contributed by atoms with Crippen LogP contribution in [0.15, 0.2) is 60.9 Å². The number of hydrogen-bond acceptors (Lipinski definition) is 5. The lowest BCUT2D eigenvalue weighted by Gasteiger charge is -2.11. The Morgan fingerprint density at radius 3 is 2.69 bits per heavy atom. The van der Waals surface area contributed by atoms with Crippen molar-refractivity contribution in [3.63, 3.8) is 0 Å². The van der Waals surface area contributed by atoms with Crippen LogP contribution < -0.4 is 10.6 Å². The van der Waals surface area contributed by atoms with Gasteiger partial charge < -0.3 is 15.4 Å². The molecule has 2 aromatic heterocycles. The lowest BCUT2D eigenvalue weighted by atomic mass is 10.1. The first kappa shape index (κ1) is 24.4. The molecule has 2 N–H and O–H groups in total. The van der Waals surface area contributed by atoms with Gasteiger partial charge in [0.1, 0.15) is 0 Å². The molecule has 0 aliphatic carbocycles. The Bertz CT molecular complexity index is 1380. The molecule has 0 spiro atoms. The third-order valence-electron chi connectivity index (χ3n) is 5.49. The second-order valence-corrected chi connectivity index (χ2v) is 8.83. The average Bonchev–Trinajstić information content (AvgIpc) is 3.37. The maximum absolute atomic E-state index is 12.1. The van der Waals surface area contributed by atoms with Crippen LogP contribution in [0.5, 0.6) is 0 Å². The molecule has 0 bridgehead atoms. The van der Waals surface area contributed by atoms with E-state index in [1.165, 1.54) is 7.11 Å². The third kappa shape index (κ3) is 5.87. The Hall–Kier alpha value is -3.69. The van der Waals surface area contributed by atoms with Gasteiger partial charge in [-0.1, -0.05) is 41.9 Å². The van der Waals surface area contributed by atoms with E-state index >= 15 is 0 Å². The number of halogens is 1. The Labute approximate surface area is 213 Å². The number of benzene rings is 2. The molecule has 0 saturated carbocycles. The van der Waals surface area contributed by atoms with Gasteiger partial charge in [0.05, 0.1) is 54.7 Å². The van der Waals surface area contributed by atoms with Gasteiger partial charge in [0, 0.05) is 11.2 Å². The Kier molecular flexibility index (Phi) is 7.48. The first-order chi connectivity index (χ1) is 16.8. The number of nitrogens with zero attached hydrogens (tertiary/aromatic N) is 4. The summed E-state index contributed by atoms with van der Waals surface area (Å²) in [5.41, 5.74) is 5.65. The summed E-state index contributed by atoms with van der Waals surface area (Å²) in [7, 11) is 1.37. The first-order valence-corrected chi connectivity index (χ1v) is 11.7. The molecular weight excluding hydrogens is 484 g/mol. The number of methoxy groups -OCH3 is 1. The van der Waals surface area contributed by atoms with Crippen LogP contribution in [0.1, 0.15) is 32.9 Å². The monoisotopic (exact) mass is 508 g/mol. The minimum Gasteiger partial charge on any atom is -0.465 e. The number of ether oxygens (including phenoxy) is 1. The van der Waals surface area contributed by atoms with Crippen molar-refractivity contribution in [1.29, 1.82) is 0 Å². The molecule has 35 heavy (non-hydrogen) atoms. The van der Waals surface area contributed by atoms with Crippen molar-refractivity contribution in [2.24, 2.45) is 0 Å². The van der Waals surface area contributed by atoms with Crippen molar-refractivity contribution in [1.82, 2.24) is 19.6 Å². The van der Waals surface area contributed by atoms with Crippen molar-refractivity contribution >= 4 is 46.3 Å². The number of carbonyl (C=O) groups is 1. The second-order valence-electron chi connectivity index (χ2n) is 7.99. The van der Waals surface area contributed by atoms with Crippen LogP contribution in [0, 0.1) is 13.8 Å². The zero-order valence-corrected chi connectivity index (χ0v) is 21.2. The maximum Gasteiger partial charge on any atom is 0.338 e. The Morgan fingerprint density at radius 1 is 1.11 bits per heavy atom. The molecule has 0 aliphatic heterocycles. The summed E-state index contributed by atoms with van der Waals surface area (Å²) in [4.78, 5) is 12.1. The highest BCUT2D eigenvalue weighted by atomic mass is 35.5. The van der Waals surface area contributed by atoms with Gasteiger partial charge in [-0.25, -0.2) is 4.79 Å². The maximum atomic E-state index is 12.1. The van der Waals surface area contributed by atoms with Crippen molar-refractivity contribution in [3.05, 3.63) is 94.0 Å². The topological polar surface area (TPSA) is 86.0 Å². The molecule has 0 fully saturated rings. The fourth-order valence-corrected chi connectivity index (χ4v) is 4.21. The van der Waals surface area contributed by atoms with E-state index in [0.29, 0.717) is 28.8 Å². The van der Waals surface area contributed by atoms with Gasteiger partial charge in [-0.3, -0.25) is 9.36 Å². The summed E-state index contributed by atoms with van der Waals surface area (Å²) in [6, 6.07) is 15.0. The first-order valence-electron chi connectivity index (χ1n) is 10.9. The number of hydrogen-bond donors (Lipinski definition) is 2. The molecule has 0 aliphatic rings. The SMILES string of the molecule is COC(=O)c1ccccc1Cn1nc(C)c(NC(=S)Nc2cnn(Cc3cccc(Cl)c3)c2)c1C. The molecule has 4 rings (SSSR count). The van der Waals surface area contributed by atoms with Crippen molar-refractivity contribution < 1.29 is 9.53 Å². The Balaban J connectivity index is 1.43. The molecule has 4 aromatic rings. The highest BCUT2D eigenvalue weighted by molar-refractivity contribution is 7.80. The van der Waals surface area contributed by atoms with Gasteiger partial charge in [0.15, 0.2) is 5.11 Å². The number of anilines is 2. The number of aromatic nitrogens is 4. The molecule has 0 radical (unpaired) electrons. The highest BCUT2D eigenvalue weighted by Gasteiger charge is 2.17. The molecule has 0 atom stereocenters. The molecule has 2 aromatic carbocycles. The van der Waals surface area contributed by atoms with Gasteiger partial charge in [0.2, 0.25) is 0 Å². The standard InChI is InChI=1S/C25H25ClN6O2S/c1-16-23(17(2)32(30-16)14-19-8-4-5-10-22(19)24(33)34-3)29-25(35)28-21-12-27-31(15-21)13-18-7-6-9-20(26)11-18/h4-12,15H,13-14H2,1-3H3,(H2,28,29,35). The average molecular weight is 509 g/mol. The summed E-state index contributed by atoms with van der Waals surface area (Å²) < 4.78 is 8.55. The van der Waals surface area contributed by atoms with Crippen LogP contribution in [-0.4, -0.2) is 37.8 Å². The molecule has 180 valence electrons. The number of carbonyl (C=O) groups excluding carboxylic acids is 1. The van der Waals surface area contributed by atoms with Gasteiger partial charge >= 0.3 is 5.97 Å². The van der Waals surface area contributed by atoms with E-state index in [9.17, 15) is 4.79 Å². The molecule has 2 heterocycles. The van der Waals surface area contributed by atoms with E-state index in [-0.39, 0.29) is 5.97 Å². The van der Waals surface area contributed by atoms with Gasteiger partial charge in [-0.2, -0.15) is 10.2 Å². The van der Waals surface area contributed by atoms with E-state index in [4.69, 9.17) is 28.6 Å². The lowest BCUT2D eigenvalue weighted by molar-refractivity contribution is 0.0599. The molecule has 0 amide bonds. The van der Waals surface area contributed by atoms with E-state index in [2.05, 4.69) is 20.8 Å². The molecule has 0 unspecified atom stereocenters. The van der Waals surface area contributed by atoms with Gasteiger partial charge in [-0.05, 0) is 55.4 Å². The number of esters is 1. The molecule has 8 nitrogen and oxygen atoms in total. The van der Waals surface area contributed by atoms with E-state index in [0.717, 1.165) is 33.9 Å². The summed E-state index contributed by atoms with van der Waals surface area (Å²) in [6.45, 7) is 4.88. The molecular formula is C25H25ClN6O2S. The third-order valence-corrected chi connectivity index (χ3v) is 5.93. The van der Waals surface area contributed by atoms with Crippen LogP contribution in [0.25, 0.3) is 0 Å². The zero-order chi connectivity index (χ0) is 24.9. The zero-order valence-electron chi connectivity index (χ0n) is 19.6. The Morgan fingerprint density at radius 2 is 1.91 bits per heavy atom. The number of thiocarbonyl (C=S) groups is 1. The van der Waals surface area contributed by atoms with Crippen molar-refractivity contribution in [2.75, 3.05) is 17.7 Å². The van der Waals surface area contributed by atoms with E-state index < -0.39 is 0 Å². The fraction of sp³-hybridized carbons (Fsp3) is 0.200. The van der Waals surface area contributed by atoms with Gasteiger partial charge in [-0.15, -0.1) is 0 Å². The normalized spacial score (nSPS) is 10.7. The summed E-state index contributed by atoms with van der Waals surface area (Å²) >= 11 is 11.6. The fourth-order valence-electron chi connectivity index (χ4n) is 3.77. The second kappa shape index (κ2) is 10.7. The van der Waals surface area contributed by atoms with Crippen LogP contribution in [-0.2, 0) is 17.8 Å². The van der Waals surface area contributed by atoms with Crippen molar-refractivity contribution in [3.8, 4) is 0 Å². The number of rotatable bonds is 7. The lowest BCUT2D eigenvalue weighted by Crippen LogP contribution is -2.19. The minimum atomic E-state index is -0.373. The largest absolute Gasteiger partial charge is 0.465 e. The number of nitrogens with one attached hydrogen (secondary N) is 2. The molecule has 10 heteroatoms. The predicted octanol–water partition coefficient (Wildman–Crippen LogP) is 5.04. The van der Waals surface area contributed by atoms with Crippen LogP contribution in [0.3, 0.4) is 0 Å². The van der Waals surface area contributed by atoms with E-state index in [1.807, 2.05) is 71.9 Å². The summed E-state index contributed by atoms with van der Waals surface area (Å²) in [6.07, 6.45) is 3.59.